The minimum absolute atomic E-state index is 0.0131. The number of aliphatic hydroxyl groups excluding tert-OH is 1. The fourth-order valence-corrected chi connectivity index (χ4v) is 1.83. The smallest absolute Gasteiger partial charge is 0.211 e. The standard InChI is InChI=1S/C11H17NO3S/c1-3-16(14,15)12-8-11(13)10-6-4-9(2)5-7-10/h4-7,11-13H,3,8H2,1-2H3. The van der Waals surface area contributed by atoms with Gasteiger partial charge in [-0.1, -0.05) is 29.8 Å². The monoisotopic (exact) mass is 243 g/mol. The van der Waals surface area contributed by atoms with E-state index >= 15 is 0 Å². The third-order valence-electron chi connectivity index (χ3n) is 2.34. The number of rotatable bonds is 5. The molecule has 0 aromatic heterocycles. The first kappa shape index (κ1) is 13.2. The van der Waals surface area contributed by atoms with Crippen molar-refractivity contribution in [2.45, 2.75) is 20.0 Å². The minimum atomic E-state index is -3.24. The molecule has 1 rings (SSSR count). The first-order valence-electron chi connectivity index (χ1n) is 5.16. The normalized spacial score (nSPS) is 13.7. The molecule has 16 heavy (non-hydrogen) atoms. The molecule has 0 aliphatic carbocycles. The molecule has 0 aliphatic heterocycles. The summed E-state index contributed by atoms with van der Waals surface area (Å²) in [4.78, 5) is 0. The summed E-state index contributed by atoms with van der Waals surface area (Å²) in [6, 6.07) is 7.35. The van der Waals surface area contributed by atoms with Gasteiger partial charge in [-0.3, -0.25) is 0 Å². The third kappa shape index (κ3) is 3.92. The van der Waals surface area contributed by atoms with E-state index in [2.05, 4.69) is 4.72 Å². The summed E-state index contributed by atoms with van der Waals surface area (Å²) in [6.45, 7) is 3.52. The van der Waals surface area contributed by atoms with Gasteiger partial charge in [-0.2, -0.15) is 0 Å². The number of nitrogens with one attached hydrogen (secondary N) is 1. The molecule has 0 aliphatic rings. The summed E-state index contributed by atoms with van der Waals surface area (Å²) in [6.07, 6.45) is -0.804. The molecule has 0 fully saturated rings. The van der Waals surface area contributed by atoms with Crippen LogP contribution < -0.4 is 4.72 Å². The Hall–Kier alpha value is -0.910. The van der Waals surface area contributed by atoms with E-state index in [-0.39, 0.29) is 12.3 Å². The van der Waals surface area contributed by atoms with E-state index in [9.17, 15) is 13.5 Å². The highest BCUT2D eigenvalue weighted by atomic mass is 32.2. The van der Waals surface area contributed by atoms with Crippen molar-refractivity contribution in [1.82, 2.24) is 4.72 Å². The molecule has 0 saturated carbocycles. The van der Waals surface area contributed by atoms with Crippen LogP contribution in [0.5, 0.6) is 0 Å². The average molecular weight is 243 g/mol. The van der Waals surface area contributed by atoms with Crippen LogP contribution in [-0.2, 0) is 10.0 Å². The lowest BCUT2D eigenvalue weighted by atomic mass is 10.1. The minimum Gasteiger partial charge on any atom is -0.387 e. The van der Waals surface area contributed by atoms with E-state index in [1.165, 1.54) is 0 Å². The van der Waals surface area contributed by atoms with Gasteiger partial charge in [0.15, 0.2) is 0 Å². The Kier molecular flexibility index (Phi) is 4.46. The van der Waals surface area contributed by atoms with E-state index in [1.54, 1.807) is 19.1 Å². The molecule has 5 heteroatoms. The summed E-state index contributed by atoms with van der Waals surface area (Å²) in [5.74, 6) is 0.0214. The molecule has 0 spiro atoms. The van der Waals surface area contributed by atoms with Crippen molar-refractivity contribution in [3.05, 3.63) is 35.4 Å². The number of hydrogen-bond acceptors (Lipinski definition) is 3. The Morgan fingerprint density at radius 2 is 1.88 bits per heavy atom. The predicted molar refractivity (Wildman–Crippen MR) is 63.6 cm³/mol. The number of benzene rings is 1. The van der Waals surface area contributed by atoms with E-state index in [0.717, 1.165) is 5.56 Å². The summed E-state index contributed by atoms with van der Waals surface area (Å²) in [5, 5.41) is 9.74. The molecular weight excluding hydrogens is 226 g/mol. The highest BCUT2D eigenvalue weighted by Crippen LogP contribution is 2.12. The van der Waals surface area contributed by atoms with Gasteiger partial charge in [0.1, 0.15) is 0 Å². The summed E-state index contributed by atoms with van der Waals surface area (Å²) in [5.41, 5.74) is 1.81. The molecular formula is C11H17NO3S. The van der Waals surface area contributed by atoms with Crippen molar-refractivity contribution in [3.8, 4) is 0 Å². The van der Waals surface area contributed by atoms with Crippen LogP contribution in [-0.4, -0.2) is 25.8 Å². The molecule has 0 bridgehead atoms. The van der Waals surface area contributed by atoms with E-state index in [1.807, 2.05) is 19.1 Å². The molecule has 1 aromatic rings. The van der Waals surface area contributed by atoms with Crippen molar-refractivity contribution >= 4 is 10.0 Å². The van der Waals surface area contributed by atoms with Crippen molar-refractivity contribution in [3.63, 3.8) is 0 Å². The number of aliphatic hydroxyl groups is 1. The zero-order valence-electron chi connectivity index (χ0n) is 9.47. The Balaban J connectivity index is 2.59. The SMILES string of the molecule is CCS(=O)(=O)NCC(O)c1ccc(C)cc1. The number of aryl methyl sites for hydroxylation is 1. The van der Waals surface area contributed by atoms with Gasteiger partial charge < -0.3 is 5.11 Å². The van der Waals surface area contributed by atoms with Crippen LogP contribution in [0.25, 0.3) is 0 Å². The van der Waals surface area contributed by atoms with Crippen molar-refractivity contribution in [1.29, 1.82) is 0 Å². The van der Waals surface area contributed by atoms with Crippen molar-refractivity contribution < 1.29 is 13.5 Å². The van der Waals surface area contributed by atoms with Gasteiger partial charge in [0.25, 0.3) is 0 Å². The molecule has 0 saturated heterocycles. The van der Waals surface area contributed by atoms with Gasteiger partial charge in [-0.25, -0.2) is 13.1 Å². The number of sulfonamides is 1. The molecule has 90 valence electrons. The zero-order valence-corrected chi connectivity index (χ0v) is 10.3. The Morgan fingerprint density at radius 1 is 1.31 bits per heavy atom. The lowest BCUT2D eigenvalue weighted by Crippen LogP contribution is -2.29. The van der Waals surface area contributed by atoms with Gasteiger partial charge in [0.2, 0.25) is 10.0 Å². The maximum absolute atomic E-state index is 11.2. The van der Waals surface area contributed by atoms with E-state index < -0.39 is 16.1 Å². The molecule has 4 nitrogen and oxygen atoms in total. The quantitative estimate of drug-likeness (QED) is 0.809. The molecule has 1 aromatic carbocycles. The predicted octanol–water partition coefficient (Wildman–Crippen LogP) is 0.968. The molecule has 0 radical (unpaired) electrons. The first-order chi connectivity index (χ1) is 7.44. The number of hydrogen-bond donors (Lipinski definition) is 2. The zero-order chi connectivity index (χ0) is 12.2. The van der Waals surface area contributed by atoms with Crippen molar-refractivity contribution in [2.24, 2.45) is 0 Å². The summed E-state index contributed by atoms with van der Waals surface area (Å²) < 4.78 is 24.7. The van der Waals surface area contributed by atoms with Crippen LogP contribution in [0.2, 0.25) is 0 Å². The largest absolute Gasteiger partial charge is 0.387 e. The fourth-order valence-electron chi connectivity index (χ4n) is 1.21. The summed E-state index contributed by atoms with van der Waals surface area (Å²) >= 11 is 0. The topological polar surface area (TPSA) is 66.4 Å². The van der Waals surface area contributed by atoms with Crippen LogP contribution in [0, 0.1) is 6.92 Å². The maximum Gasteiger partial charge on any atom is 0.211 e. The van der Waals surface area contributed by atoms with Gasteiger partial charge in [0, 0.05) is 6.54 Å². The van der Waals surface area contributed by atoms with E-state index in [4.69, 9.17) is 0 Å². The van der Waals surface area contributed by atoms with Gasteiger partial charge in [-0.15, -0.1) is 0 Å². The van der Waals surface area contributed by atoms with Gasteiger partial charge in [0.05, 0.1) is 11.9 Å². The Morgan fingerprint density at radius 3 is 2.38 bits per heavy atom. The lowest BCUT2D eigenvalue weighted by Gasteiger charge is -2.12. The molecule has 0 heterocycles. The Bertz CT molecular complexity index is 425. The van der Waals surface area contributed by atoms with E-state index in [0.29, 0.717) is 5.56 Å². The van der Waals surface area contributed by atoms with Crippen LogP contribution in [0.1, 0.15) is 24.2 Å². The van der Waals surface area contributed by atoms with Gasteiger partial charge >= 0.3 is 0 Å². The highest BCUT2D eigenvalue weighted by molar-refractivity contribution is 7.89. The van der Waals surface area contributed by atoms with Gasteiger partial charge in [-0.05, 0) is 19.4 Å². The molecule has 2 N–H and O–H groups in total. The first-order valence-corrected chi connectivity index (χ1v) is 6.82. The fraction of sp³-hybridized carbons (Fsp3) is 0.455. The Labute approximate surface area is 96.4 Å². The second-order valence-electron chi connectivity index (χ2n) is 3.68. The van der Waals surface area contributed by atoms with Crippen LogP contribution in [0.4, 0.5) is 0 Å². The van der Waals surface area contributed by atoms with Crippen LogP contribution in [0.15, 0.2) is 24.3 Å². The molecule has 1 atom stereocenters. The molecule has 0 amide bonds. The van der Waals surface area contributed by atoms with Crippen LogP contribution in [0.3, 0.4) is 0 Å². The maximum atomic E-state index is 11.2. The average Bonchev–Trinajstić information content (AvgIpc) is 2.27. The van der Waals surface area contributed by atoms with Crippen LogP contribution >= 0.6 is 0 Å². The second-order valence-corrected chi connectivity index (χ2v) is 5.77. The lowest BCUT2D eigenvalue weighted by molar-refractivity contribution is 0.182. The summed E-state index contributed by atoms with van der Waals surface area (Å²) in [7, 11) is -3.24. The highest BCUT2D eigenvalue weighted by Gasteiger charge is 2.11. The third-order valence-corrected chi connectivity index (χ3v) is 3.71. The molecule has 1 unspecified atom stereocenters. The second kappa shape index (κ2) is 5.43. The van der Waals surface area contributed by atoms with Crippen molar-refractivity contribution in [2.75, 3.05) is 12.3 Å².